The van der Waals surface area contributed by atoms with Gasteiger partial charge in [-0.1, -0.05) is 6.07 Å². The van der Waals surface area contributed by atoms with Gasteiger partial charge in [-0.25, -0.2) is 8.42 Å². The Balaban J connectivity index is 2.49. The molecule has 0 aliphatic rings. The Hall–Kier alpha value is -1.54. The molecule has 2 rings (SSSR count). The standard InChI is InChI=1S/C12H15BrN4O2S/c1-7-4-5-9(13)10(6-7)16-20(18,19)11-8(2)17(3)15-12(11)14/h4-6,16H,1-3H3,(H2,14,15). The molecule has 0 spiro atoms. The van der Waals surface area contributed by atoms with Gasteiger partial charge in [0, 0.05) is 11.5 Å². The summed E-state index contributed by atoms with van der Waals surface area (Å²) in [6.07, 6.45) is 0. The summed E-state index contributed by atoms with van der Waals surface area (Å²) >= 11 is 3.32. The molecule has 20 heavy (non-hydrogen) atoms. The summed E-state index contributed by atoms with van der Waals surface area (Å²) in [4.78, 5) is 0.00778. The number of hydrogen-bond donors (Lipinski definition) is 2. The molecule has 0 aliphatic heterocycles. The molecule has 1 aromatic carbocycles. The number of nitrogens with zero attached hydrogens (tertiary/aromatic N) is 2. The van der Waals surface area contributed by atoms with E-state index >= 15 is 0 Å². The Morgan fingerprint density at radius 2 is 2.00 bits per heavy atom. The predicted molar refractivity (Wildman–Crippen MR) is 82.0 cm³/mol. The first-order valence-corrected chi connectivity index (χ1v) is 8.08. The quantitative estimate of drug-likeness (QED) is 0.879. The van der Waals surface area contributed by atoms with Gasteiger partial charge in [-0.05, 0) is 47.5 Å². The van der Waals surface area contributed by atoms with E-state index in [-0.39, 0.29) is 10.7 Å². The lowest BCUT2D eigenvalue weighted by molar-refractivity contribution is 0.600. The Morgan fingerprint density at radius 1 is 1.35 bits per heavy atom. The average molecular weight is 359 g/mol. The van der Waals surface area contributed by atoms with Crippen molar-refractivity contribution < 1.29 is 8.42 Å². The number of halogens is 1. The van der Waals surface area contributed by atoms with E-state index in [0.29, 0.717) is 15.9 Å². The zero-order valence-electron chi connectivity index (χ0n) is 11.3. The van der Waals surface area contributed by atoms with Crippen LogP contribution in [0.2, 0.25) is 0 Å². The summed E-state index contributed by atoms with van der Waals surface area (Å²) in [6, 6.07) is 5.40. The number of anilines is 2. The van der Waals surface area contributed by atoms with E-state index in [1.54, 1.807) is 26.1 Å². The van der Waals surface area contributed by atoms with E-state index in [0.717, 1.165) is 5.56 Å². The number of nitrogens with one attached hydrogen (secondary N) is 1. The van der Waals surface area contributed by atoms with E-state index < -0.39 is 10.0 Å². The summed E-state index contributed by atoms with van der Waals surface area (Å²) in [5.41, 5.74) is 7.58. The van der Waals surface area contributed by atoms with Gasteiger partial charge in [0.25, 0.3) is 10.0 Å². The van der Waals surface area contributed by atoms with Crippen LogP contribution in [0.15, 0.2) is 27.6 Å². The first-order valence-electron chi connectivity index (χ1n) is 5.80. The molecule has 8 heteroatoms. The molecule has 2 aromatic rings. The monoisotopic (exact) mass is 358 g/mol. The van der Waals surface area contributed by atoms with Crippen LogP contribution in [0.3, 0.4) is 0 Å². The topological polar surface area (TPSA) is 90.0 Å². The van der Waals surface area contributed by atoms with Crippen LogP contribution in [0.4, 0.5) is 11.5 Å². The highest BCUT2D eigenvalue weighted by atomic mass is 79.9. The van der Waals surface area contributed by atoms with Gasteiger partial charge >= 0.3 is 0 Å². The second kappa shape index (κ2) is 5.10. The Morgan fingerprint density at radius 3 is 2.55 bits per heavy atom. The number of aryl methyl sites for hydroxylation is 2. The maximum Gasteiger partial charge on any atom is 0.267 e. The van der Waals surface area contributed by atoms with Crippen molar-refractivity contribution >= 4 is 37.5 Å². The Labute approximate surface area is 126 Å². The molecular weight excluding hydrogens is 344 g/mol. The molecule has 108 valence electrons. The number of nitrogens with two attached hydrogens (primary N) is 1. The van der Waals surface area contributed by atoms with Gasteiger partial charge in [0.2, 0.25) is 0 Å². The first-order chi connectivity index (χ1) is 9.22. The molecule has 0 unspecified atom stereocenters. The van der Waals surface area contributed by atoms with Crippen LogP contribution < -0.4 is 10.5 Å². The minimum absolute atomic E-state index is 0.00778. The highest BCUT2D eigenvalue weighted by Crippen LogP contribution is 2.28. The van der Waals surface area contributed by atoms with Gasteiger partial charge in [0.1, 0.15) is 0 Å². The fraction of sp³-hybridized carbons (Fsp3) is 0.250. The average Bonchev–Trinajstić information content (AvgIpc) is 2.58. The fourth-order valence-corrected chi connectivity index (χ4v) is 3.73. The second-order valence-corrected chi connectivity index (χ2v) is 6.99. The lowest BCUT2D eigenvalue weighted by Crippen LogP contribution is -2.15. The zero-order chi connectivity index (χ0) is 15.1. The van der Waals surface area contributed by atoms with Crippen LogP contribution >= 0.6 is 15.9 Å². The van der Waals surface area contributed by atoms with Crippen LogP contribution in [0.25, 0.3) is 0 Å². The summed E-state index contributed by atoms with van der Waals surface area (Å²) in [6.45, 7) is 3.54. The third-order valence-electron chi connectivity index (χ3n) is 2.94. The Bertz CT molecular complexity index is 768. The van der Waals surface area contributed by atoms with Crippen LogP contribution in [-0.4, -0.2) is 18.2 Å². The van der Waals surface area contributed by atoms with Crippen molar-refractivity contribution in [3.05, 3.63) is 33.9 Å². The van der Waals surface area contributed by atoms with E-state index in [1.807, 2.05) is 13.0 Å². The maximum absolute atomic E-state index is 12.5. The van der Waals surface area contributed by atoms with E-state index in [4.69, 9.17) is 5.73 Å². The van der Waals surface area contributed by atoms with Gasteiger partial charge in [0.15, 0.2) is 10.7 Å². The van der Waals surface area contributed by atoms with Crippen molar-refractivity contribution in [2.45, 2.75) is 18.7 Å². The highest BCUT2D eigenvalue weighted by Gasteiger charge is 2.25. The molecule has 0 atom stereocenters. The first kappa shape index (κ1) is 14.9. The molecule has 6 nitrogen and oxygen atoms in total. The second-order valence-electron chi connectivity index (χ2n) is 4.51. The molecule has 0 radical (unpaired) electrons. The number of sulfonamides is 1. The zero-order valence-corrected chi connectivity index (χ0v) is 13.7. The SMILES string of the molecule is Cc1ccc(Br)c(NS(=O)(=O)c2c(N)nn(C)c2C)c1. The predicted octanol–water partition coefficient (Wildman–Crippen LogP) is 2.18. The minimum atomic E-state index is -3.78. The number of benzene rings is 1. The Kier molecular flexibility index (Phi) is 3.79. The van der Waals surface area contributed by atoms with Crippen molar-refractivity contribution in [1.82, 2.24) is 9.78 Å². The van der Waals surface area contributed by atoms with Gasteiger partial charge in [-0.3, -0.25) is 9.40 Å². The summed E-state index contributed by atoms with van der Waals surface area (Å²) in [5, 5.41) is 3.92. The number of nitrogen functional groups attached to an aromatic ring is 1. The van der Waals surface area contributed by atoms with Gasteiger partial charge in [0.05, 0.1) is 11.4 Å². The van der Waals surface area contributed by atoms with Crippen molar-refractivity contribution in [1.29, 1.82) is 0 Å². The lowest BCUT2D eigenvalue weighted by atomic mass is 10.2. The smallest absolute Gasteiger partial charge is 0.267 e. The van der Waals surface area contributed by atoms with Crippen LogP contribution in [0, 0.1) is 13.8 Å². The molecule has 0 bridgehead atoms. The summed E-state index contributed by atoms with van der Waals surface area (Å²) in [7, 11) is -2.14. The van der Waals surface area contributed by atoms with Gasteiger partial charge < -0.3 is 5.73 Å². The van der Waals surface area contributed by atoms with Gasteiger partial charge in [-0.2, -0.15) is 5.10 Å². The van der Waals surface area contributed by atoms with Crippen molar-refractivity contribution in [2.24, 2.45) is 7.05 Å². The van der Waals surface area contributed by atoms with Crippen molar-refractivity contribution in [3.8, 4) is 0 Å². The van der Waals surface area contributed by atoms with E-state index in [1.165, 1.54) is 4.68 Å². The minimum Gasteiger partial charge on any atom is -0.381 e. The van der Waals surface area contributed by atoms with Crippen LogP contribution in [-0.2, 0) is 17.1 Å². The lowest BCUT2D eigenvalue weighted by Gasteiger charge is -2.10. The number of aromatic nitrogens is 2. The van der Waals surface area contributed by atoms with Gasteiger partial charge in [-0.15, -0.1) is 0 Å². The van der Waals surface area contributed by atoms with Crippen molar-refractivity contribution in [3.63, 3.8) is 0 Å². The normalized spacial score (nSPS) is 11.6. The third-order valence-corrected chi connectivity index (χ3v) is 5.16. The molecule has 0 amide bonds. The molecule has 0 fully saturated rings. The molecule has 1 aromatic heterocycles. The largest absolute Gasteiger partial charge is 0.381 e. The molecular formula is C12H15BrN4O2S. The third kappa shape index (κ3) is 2.66. The van der Waals surface area contributed by atoms with Crippen LogP contribution in [0.1, 0.15) is 11.3 Å². The fourth-order valence-electron chi connectivity index (χ4n) is 1.86. The highest BCUT2D eigenvalue weighted by molar-refractivity contribution is 9.10. The molecule has 0 saturated heterocycles. The van der Waals surface area contributed by atoms with E-state index in [2.05, 4.69) is 25.8 Å². The number of hydrogen-bond acceptors (Lipinski definition) is 4. The molecule has 0 aliphatic carbocycles. The summed E-state index contributed by atoms with van der Waals surface area (Å²) < 4.78 is 29.5. The van der Waals surface area contributed by atoms with E-state index in [9.17, 15) is 8.42 Å². The number of rotatable bonds is 3. The molecule has 0 saturated carbocycles. The van der Waals surface area contributed by atoms with Crippen LogP contribution in [0.5, 0.6) is 0 Å². The summed E-state index contributed by atoms with van der Waals surface area (Å²) in [5.74, 6) is -0.0127. The molecule has 3 N–H and O–H groups in total. The molecule has 1 heterocycles. The van der Waals surface area contributed by atoms with Crippen molar-refractivity contribution in [2.75, 3.05) is 10.5 Å². The maximum atomic E-state index is 12.5.